The summed E-state index contributed by atoms with van der Waals surface area (Å²) in [6.45, 7) is 2.56. The SMILES string of the molecule is CCNC(=S)NNC(=O)[C@H](CCSC)NC(=O)c1ccccc1. The van der Waals surface area contributed by atoms with Crippen molar-refractivity contribution in [3.63, 3.8) is 0 Å². The molecule has 0 saturated heterocycles. The summed E-state index contributed by atoms with van der Waals surface area (Å²) in [5, 5.41) is 5.95. The van der Waals surface area contributed by atoms with E-state index < -0.39 is 6.04 Å². The molecule has 0 saturated carbocycles. The first-order chi connectivity index (χ1) is 11.1. The Morgan fingerprint density at radius 2 is 1.91 bits per heavy atom. The smallest absolute Gasteiger partial charge is 0.260 e. The monoisotopic (exact) mass is 354 g/mol. The van der Waals surface area contributed by atoms with Gasteiger partial charge in [0.15, 0.2) is 5.11 Å². The predicted molar refractivity (Wildman–Crippen MR) is 98.2 cm³/mol. The molecule has 2 amide bonds. The van der Waals surface area contributed by atoms with Gasteiger partial charge in [-0.1, -0.05) is 18.2 Å². The zero-order valence-electron chi connectivity index (χ0n) is 13.2. The number of amides is 2. The van der Waals surface area contributed by atoms with Crippen LogP contribution in [0.3, 0.4) is 0 Å². The lowest BCUT2D eigenvalue weighted by molar-refractivity contribution is -0.123. The molecule has 0 unspecified atom stereocenters. The van der Waals surface area contributed by atoms with Gasteiger partial charge in [0.05, 0.1) is 0 Å². The molecule has 0 bridgehead atoms. The van der Waals surface area contributed by atoms with E-state index in [-0.39, 0.29) is 11.8 Å². The molecule has 0 aliphatic rings. The minimum absolute atomic E-state index is 0.277. The number of hydrogen-bond donors (Lipinski definition) is 4. The van der Waals surface area contributed by atoms with Gasteiger partial charge in [0.25, 0.3) is 11.8 Å². The van der Waals surface area contributed by atoms with Gasteiger partial charge in [0.1, 0.15) is 6.04 Å². The second-order valence-electron chi connectivity index (χ2n) is 4.65. The molecular weight excluding hydrogens is 332 g/mol. The number of carbonyl (C=O) groups excluding carboxylic acids is 2. The highest BCUT2D eigenvalue weighted by Gasteiger charge is 2.21. The largest absolute Gasteiger partial charge is 0.362 e. The Balaban J connectivity index is 2.62. The van der Waals surface area contributed by atoms with Crippen LogP contribution < -0.4 is 21.5 Å². The molecule has 0 aliphatic carbocycles. The third-order valence-corrected chi connectivity index (χ3v) is 3.80. The minimum Gasteiger partial charge on any atom is -0.362 e. The highest BCUT2D eigenvalue weighted by Crippen LogP contribution is 2.04. The fraction of sp³-hybridized carbons (Fsp3) is 0.400. The Hall–Kier alpha value is -1.80. The molecule has 0 radical (unpaired) electrons. The minimum atomic E-state index is -0.632. The van der Waals surface area contributed by atoms with Crippen LogP contribution in [0.5, 0.6) is 0 Å². The first kappa shape index (κ1) is 19.2. The van der Waals surface area contributed by atoms with E-state index in [1.54, 1.807) is 36.0 Å². The van der Waals surface area contributed by atoms with E-state index in [9.17, 15) is 9.59 Å². The zero-order valence-corrected chi connectivity index (χ0v) is 14.9. The van der Waals surface area contributed by atoms with E-state index in [4.69, 9.17) is 12.2 Å². The predicted octanol–water partition coefficient (Wildman–Crippen LogP) is 1.05. The van der Waals surface area contributed by atoms with Crippen molar-refractivity contribution in [2.45, 2.75) is 19.4 Å². The molecule has 6 nitrogen and oxygen atoms in total. The number of thiocarbonyl (C=S) groups is 1. The second kappa shape index (κ2) is 10.8. The average Bonchev–Trinajstić information content (AvgIpc) is 2.57. The van der Waals surface area contributed by atoms with E-state index in [2.05, 4.69) is 21.5 Å². The van der Waals surface area contributed by atoms with E-state index in [1.807, 2.05) is 19.2 Å². The summed E-state index contributed by atoms with van der Waals surface area (Å²) in [5.41, 5.74) is 5.65. The van der Waals surface area contributed by atoms with Crippen LogP contribution in [0.15, 0.2) is 30.3 Å². The summed E-state index contributed by atoms with van der Waals surface area (Å²) in [7, 11) is 0. The van der Waals surface area contributed by atoms with Gasteiger partial charge in [-0.05, 0) is 49.7 Å². The second-order valence-corrected chi connectivity index (χ2v) is 6.04. The molecule has 126 valence electrons. The number of hydrogen-bond acceptors (Lipinski definition) is 4. The van der Waals surface area contributed by atoms with Crippen molar-refractivity contribution in [2.75, 3.05) is 18.6 Å². The maximum atomic E-state index is 12.2. The van der Waals surface area contributed by atoms with Crippen molar-refractivity contribution >= 4 is 40.9 Å². The van der Waals surface area contributed by atoms with Gasteiger partial charge in [0, 0.05) is 12.1 Å². The summed E-state index contributed by atoms with van der Waals surface area (Å²) in [6, 6.07) is 8.17. The Labute approximate surface area is 146 Å². The van der Waals surface area contributed by atoms with Gasteiger partial charge in [-0.3, -0.25) is 20.4 Å². The quantitative estimate of drug-likeness (QED) is 0.433. The fourth-order valence-electron chi connectivity index (χ4n) is 1.75. The summed E-state index contributed by atoms with van der Waals surface area (Å²) >= 11 is 6.59. The highest BCUT2D eigenvalue weighted by atomic mass is 32.2. The van der Waals surface area contributed by atoms with Gasteiger partial charge in [-0.25, -0.2) is 0 Å². The van der Waals surface area contributed by atoms with E-state index in [1.165, 1.54) is 0 Å². The lowest BCUT2D eigenvalue weighted by atomic mass is 10.1. The third-order valence-electron chi connectivity index (χ3n) is 2.91. The molecular formula is C15H22N4O2S2. The van der Waals surface area contributed by atoms with Crippen LogP contribution in [0.1, 0.15) is 23.7 Å². The number of rotatable bonds is 7. The van der Waals surface area contributed by atoms with Crippen molar-refractivity contribution < 1.29 is 9.59 Å². The van der Waals surface area contributed by atoms with Crippen molar-refractivity contribution in [3.8, 4) is 0 Å². The number of benzene rings is 1. The number of hydrazine groups is 1. The van der Waals surface area contributed by atoms with Crippen LogP contribution in [0.2, 0.25) is 0 Å². The van der Waals surface area contributed by atoms with Crippen LogP contribution in [-0.4, -0.2) is 41.5 Å². The molecule has 0 aromatic heterocycles. The molecule has 23 heavy (non-hydrogen) atoms. The fourth-order valence-corrected chi connectivity index (χ4v) is 2.41. The molecule has 1 aromatic carbocycles. The van der Waals surface area contributed by atoms with Crippen molar-refractivity contribution in [1.29, 1.82) is 0 Å². The van der Waals surface area contributed by atoms with E-state index >= 15 is 0 Å². The first-order valence-electron chi connectivity index (χ1n) is 7.27. The molecule has 0 spiro atoms. The van der Waals surface area contributed by atoms with E-state index in [0.717, 1.165) is 5.75 Å². The lowest BCUT2D eigenvalue weighted by Crippen LogP contribution is -2.54. The molecule has 0 fully saturated rings. The van der Waals surface area contributed by atoms with Gasteiger partial charge < -0.3 is 10.6 Å². The molecule has 0 aliphatic heterocycles. The summed E-state index contributed by atoms with van der Waals surface area (Å²) in [4.78, 5) is 24.4. The Bertz CT molecular complexity index is 525. The van der Waals surface area contributed by atoms with Gasteiger partial charge in [-0.15, -0.1) is 0 Å². The normalized spacial score (nSPS) is 11.2. The molecule has 8 heteroatoms. The van der Waals surface area contributed by atoms with Gasteiger partial charge in [0.2, 0.25) is 0 Å². The molecule has 1 rings (SSSR count). The Morgan fingerprint density at radius 1 is 1.22 bits per heavy atom. The Kier molecular flexibility index (Phi) is 9.08. The van der Waals surface area contributed by atoms with Crippen molar-refractivity contribution in [1.82, 2.24) is 21.5 Å². The van der Waals surface area contributed by atoms with E-state index in [0.29, 0.717) is 23.6 Å². The number of nitrogens with one attached hydrogen (secondary N) is 4. The van der Waals surface area contributed by atoms with Gasteiger partial charge in [-0.2, -0.15) is 11.8 Å². The van der Waals surface area contributed by atoms with Crippen LogP contribution >= 0.6 is 24.0 Å². The highest BCUT2D eigenvalue weighted by molar-refractivity contribution is 7.98. The topological polar surface area (TPSA) is 82.3 Å². The van der Waals surface area contributed by atoms with Crippen LogP contribution in [-0.2, 0) is 4.79 Å². The van der Waals surface area contributed by atoms with Crippen molar-refractivity contribution in [3.05, 3.63) is 35.9 Å². The summed E-state index contributed by atoms with van der Waals surface area (Å²) in [5.74, 6) is 0.148. The standard InChI is InChI=1S/C15H22N4O2S2/c1-3-16-15(22)19-18-14(21)12(9-10-23-2)17-13(20)11-7-5-4-6-8-11/h4-8,12H,3,9-10H2,1-2H3,(H,17,20)(H,18,21)(H2,16,19,22)/t12-/m0/s1. The number of thioether (sulfide) groups is 1. The van der Waals surface area contributed by atoms with Crippen molar-refractivity contribution in [2.24, 2.45) is 0 Å². The maximum absolute atomic E-state index is 12.2. The zero-order chi connectivity index (χ0) is 17.1. The summed E-state index contributed by atoms with van der Waals surface area (Å²) in [6.07, 6.45) is 2.48. The molecule has 1 aromatic rings. The molecule has 0 heterocycles. The maximum Gasteiger partial charge on any atom is 0.260 e. The summed E-state index contributed by atoms with van der Waals surface area (Å²) < 4.78 is 0. The van der Waals surface area contributed by atoms with Crippen LogP contribution in [0.4, 0.5) is 0 Å². The van der Waals surface area contributed by atoms with Crippen LogP contribution in [0.25, 0.3) is 0 Å². The lowest BCUT2D eigenvalue weighted by Gasteiger charge is -2.19. The first-order valence-corrected chi connectivity index (χ1v) is 9.07. The number of carbonyl (C=O) groups is 2. The molecule has 1 atom stereocenters. The molecule has 4 N–H and O–H groups in total. The van der Waals surface area contributed by atoms with Gasteiger partial charge >= 0.3 is 0 Å². The third kappa shape index (κ3) is 7.34. The Morgan fingerprint density at radius 3 is 2.52 bits per heavy atom. The van der Waals surface area contributed by atoms with Crippen LogP contribution in [0, 0.1) is 0 Å². The average molecular weight is 355 g/mol.